The number of hydrogen-bond acceptors (Lipinski definition) is 3. The first kappa shape index (κ1) is 15.1. The lowest BCUT2D eigenvalue weighted by Gasteiger charge is -2.39. The molecule has 1 aliphatic heterocycles. The van der Waals surface area contributed by atoms with Crippen molar-refractivity contribution in [3.63, 3.8) is 0 Å². The molecule has 0 saturated carbocycles. The SMILES string of the molecule is Cc1ccc(CN(C)CC(=O)N2C(C)CCCC2C)o1. The highest BCUT2D eigenvalue weighted by Crippen LogP contribution is 2.22. The summed E-state index contributed by atoms with van der Waals surface area (Å²) in [6.45, 7) is 7.38. The van der Waals surface area contributed by atoms with Gasteiger partial charge in [0.25, 0.3) is 0 Å². The van der Waals surface area contributed by atoms with E-state index >= 15 is 0 Å². The lowest BCUT2D eigenvalue weighted by molar-refractivity contribution is -0.138. The maximum atomic E-state index is 12.5. The average molecular weight is 278 g/mol. The zero-order chi connectivity index (χ0) is 14.7. The molecule has 0 bridgehead atoms. The largest absolute Gasteiger partial charge is 0.465 e. The normalized spacial score (nSPS) is 23.4. The van der Waals surface area contributed by atoms with Gasteiger partial charge in [-0.3, -0.25) is 9.69 Å². The maximum absolute atomic E-state index is 12.5. The molecule has 2 atom stereocenters. The predicted octanol–water partition coefficient (Wildman–Crippen LogP) is 2.81. The summed E-state index contributed by atoms with van der Waals surface area (Å²) in [6, 6.07) is 4.67. The van der Waals surface area contributed by atoms with Crippen LogP contribution in [0, 0.1) is 6.92 Å². The van der Waals surface area contributed by atoms with E-state index in [4.69, 9.17) is 4.42 Å². The molecule has 4 heteroatoms. The molecular weight excluding hydrogens is 252 g/mol. The molecule has 0 radical (unpaired) electrons. The standard InChI is InChI=1S/C16H26N2O2/c1-12-6-5-7-13(2)18(12)16(19)11-17(4)10-15-9-8-14(3)20-15/h8-9,12-13H,5-7,10-11H2,1-4H3. The lowest BCUT2D eigenvalue weighted by Crippen LogP contribution is -2.50. The molecule has 1 saturated heterocycles. The van der Waals surface area contributed by atoms with Gasteiger partial charge in [0.05, 0.1) is 13.1 Å². The number of aryl methyl sites for hydroxylation is 1. The quantitative estimate of drug-likeness (QED) is 0.850. The van der Waals surface area contributed by atoms with Crippen molar-refractivity contribution in [1.29, 1.82) is 0 Å². The van der Waals surface area contributed by atoms with Crippen LogP contribution in [0.15, 0.2) is 16.5 Å². The van der Waals surface area contributed by atoms with Crippen molar-refractivity contribution in [1.82, 2.24) is 9.80 Å². The molecule has 2 heterocycles. The molecule has 1 aliphatic rings. The van der Waals surface area contributed by atoms with Crippen LogP contribution in [0.4, 0.5) is 0 Å². The number of carbonyl (C=O) groups is 1. The van der Waals surface area contributed by atoms with E-state index in [0.29, 0.717) is 25.2 Å². The molecule has 0 aromatic carbocycles. The van der Waals surface area contributed by atoms with Gasteiger partial charge in [0, 0.05) is 12.1 Å². The van der Waals surface area contributed by atoms with E-state index in [-0.39, 0.29) is 5.91 Å². The summed E-state index contributed by atoms with van der Waals surface area (Å²) in [4.78, 5) is 16.6. The molecule has 0 spiro atoms. The second-order valence-corrected chi connectivity index (χ2v) is 6.11. The highest BCUT2D eigenvalue weighted by Gasteiger charge is 2.29. The number of likely N-dealkylation sites (N-methyl/N-ethyl adjacent to an activating group) is 1. The van der Waals surface area contributed by atoms with Crippen molar-refractivity contribution in [2.24, 2.45) is 0 Å². The van der Waals surface area contributed by atoms with Crippen LogP contribution >= 0.6 is 0 Å². The summed E-state index contributed by atoms with van der Waals surface area (Å²) in [5.74, 6) is 2.06. The number of hydrogen-bond donors (Lipinski definition) is 0. The van der Waals surface area contributed by atoms with Crippen LogP contribution in [-0.4, -0.2) is 41.4 Å². The number of rotatable bonds is 4. The van der Waals surface area contributed by atoms with Gasteiger partial charge in [-0.15, -0.1) is 0 Å². The van der Waals surface area contributed by atoms with Gasteiger partial charge in [0.1, 0.15) is 11.5 Å². The Balaban J connectivity index is 1.89. The first-order valence-electron chi connectivity index (χ1n) is 7.52. The van der Waals surface area contributed by atoms with Gasteiger partial charge in [-0.25, -0.2) is 0 Å². The highest BCUT2D eigenvalue weighted by atomic mass is 16.3. The third kappa shape index (κ3) is 3.63. The number of amides is 1. The zero-order valence-electron chi connectivity index (χ0n) is 13.1. The van der Waals surface area contributed by atoms with E-state index < -0.39 is 0 Å². The Morgan fingerprint density at radius 1 is 1.35 bits per heavy atom. The second-order valence-electron chi connectivity index (χ2n) is 6.11. The molecule has 1 aromatic rings. The van der Waals surface area contributed by atoms with Crippen molar-refractivity contribution in [2.45, 2.75) is 58.7 Å². The molecule has 112 valence electrons. The number of furan rings is 1. The van der Waals surface area contributed by atoms with E-state index in [2.05, 4.69) is 18.7 Å². The van der Waals surface area contributed by atoms with Crippen LogP contribution in [0.5, 0.6) is 0 Å². The fraction of sp³-hybridized carbons (Fsp3) is 0.688. The lowest BCUT2D eigenvalue weighted by atomic mass is 9.97. The van der Waals surface area contributed by atoms with Gasteiger partial charge in [0.2, 0.25) is 5.91 Å². The fourth-order valence-electron chi connectivity index (χ4n) is 3.12. The molecule has 1 amide bonds. The van der Waals surface area contributed by atoms with Gasteiger partial charge < -0.3 is 9.32 Å². The molecule has 20 heavy (non-hydrogen) atoms. The van der Waals surface area contributed by atoms with E-state index in [9.17, 15) is 4.79 Å². The zero-order valence-corrected chi connectivity index (χ0v) is 13.1. The minimum absolute atomic E-state index is 0.232. The summed E-state index contributed by atoms with van der Waals surface area (Å²) in [5.41, 5.74) is 0. The number of nitrogens with zero attached hydrogens (tertiary/aromatic N) is 2. The Bertz CT molecular complexity index is 445. The Kier molecular flexibility index (Phi) is 4.86. The Morgan fingerprint density at radius 3 is 2.55 bits per heavy atom. The van der Waals surface area contributed by atoms with Gasteiger partial charge in [-0.05, 0) is 59.2 Å². The van der Waals surface area contributed by atoms with E-state index in [1.54, 1.807) is 0 Å². The highest BCUT2D eigenvalue weighted by molar-refractivity contribution is 5.79. The summed E-state index contributed by atoms with van der Waals surface area (Å²) < 4.78 is 5.56. The third-order valence-electron chi connectivity index (χ3n) is 4.11. The molecule has 2 unspecified atom stereocenters. The topological polar surface area (TPSA) is 36.7 Å². The average Bonchev–Trinajstić information content (AvgIpc) is 2.74. The Hall–Kier alpha value is -1.29. The first-order chi connectivity index (χ1) is 9.47. The molecule has 1 fully saturated rings. The van der Waals surface area contributed by atoms with E-state index in [1.165, 1.54) is 6.42 Å². The van der Waals surface area contributed by atoms with Gasteiger partial charge >= 0.3 is 0 Å². The van der Waals surface area contributed by atoms with Crippen LogP contribution in [-0.2, 0) is 11.3 Å². The van der Waals surface area contributed by atoms with Crippen LogP contribution < -0.4 is 0 Å². The van der Waals surface area contributed by atoms with E-state index in [0.717, 1.165) is 24.4 Å². The van der Waals surface area contributed by atoms with Gasteiger partial charge in [0.15, 0.2) is 0 Å². The van der Waals surface area contributed by atoms with Crippen molar-refractivity contribution >= 4 is 5.91 Å². The summed E-state index contributed by atoms with van der Waals surface area (Å²) >= 11 is 0. The summed E-state index contributed by atoms with van der Waals surface area (Å²) in [6.07, 6.45) is 3.47. The van der Waals surface area contributed by atoms with E-state index in [1.807, 2.05) is 31.0 Å². The molecule has 0 N–H and O–H groups in total. The minimum Gasteiger partial charge on any atom is -0.465 e. The molecule has 2 rings (SSSR count). The minimum atomic E-state index is 0.232. The van der Waals surface area contributed by atoms with Crippen LogP contribution in [0.1, 0.15) is 44.6 Å². The predicted molar refractivity (Wildman–Crippen MR) is 79.4 cm³/mol. The van der Waals surface area contributed by atoms with Crippen LogP contribution in [0.2, 0.25) is 0 Å². The van der Waals surface area contributed by atoms with Crippen molar-refractivity contribution in [2.75, 3.05) is 13.6 Å². The summed E-state index contributed by atoms with van der Waals surface area (Å²) in [5, 5.41) is 0. The molecule has 4 nitrogen and oxygen atoms in total. The number of carbonyl (C=O) groups excluding carboxylic acids is 1. The van der Waals surface area contributed by atoms with Crippen molar-refractivity contribution < 1.29 is 9.21 Å². The monoisotopic (exact) mass is 278 g/mol. The fourth-order valence-corrected chi connectivity index (χ4v) is 3.12. The molecule has 1 aromatic heterocycles. The maximum Gasteiger partial charge on any atom is 0.237 e. The Labute approximate surface area is 121 Å². The van der Waals surface area contributed by atoms with Crippen LogP contribution in [0.3, 0.4) is 0 Å². The smallest absolute Gasteiger partial charge is 0.237 e. The van der Waals surface area contributed by atoms with Crippen molar-refractivity contribution in [3.05, 3.63) is 23.7 Å². The Morgan fingerprint density at radius 2 is 2.00 bits per heavy atom. The van der Waals surface area contributed by atoms with Gasteiger partial charge in [-0.1, -0.05) is 0 Å². The second kappa shape index (κ2) is 6.44. The number of piperidine rings is 1. The van der Waals surface area contributed by atoms with Crippen molar-refractivity contribution in [3.8, 4) is 0 Å². The molecule has 0 aliphatic carbocycles. The first-order valence-corrected chi connectivity index (χ1v) is 7.52. The van der Waals surface area contributed by atoms with Crippen LogP contribution in [0.25, 0.3) is 0 Å². The van der Waals surface area contributed by atoms with Gasteiger partial charge in [-0.2, -0.15) is 0 Å². The summed E-state index contributed by atoms with van der Waals surface area (Å²) in [7, 11) is 1.97. The number of likely N-dealkylation sites (tertiary alicyclic amines) is 1. The third-order valence-corrected chi connectivity index (χ3v) is 4.11. The molecular formula is C16H26N2O2.